The molecule has 1 aromatic rings. The van der Waals surface area contributed by atoms with E-state index in [-0.39, 0.29) is 19.0 Å². The Morgan fingerprint density at radius 2 is 2.17 bits per heavy atom. The molecule has 0 saturated heterocycles. The van der Waals surface area contributed by atoms with Crippen LogP contribution in [0.3, 0.4) is 0 Å². The van der Waals surface area contributed by atoms with Crippen molar-refractivity contribution >= 4 is 17.9 Å². The zero-order chi connectivity index (χ0) is 12.8. The van der Waals surface area contributed by atoms with Gasteiger partial charge in [0, 0.05) is 5.69 Å². The number of hydrogen-bond acceptors (Lipinski definition) is 5. The largest absolute Gasteiger partial charge is 0.493 e. The highest BCUT2D eigenvalue weighted by atomic mass is 16.5. The Labute approximate surface area is 104 Å². The molecule has 5 nitrogen and oxygen atoms in total. The van der Waals surface area contributed by atoms with Crippen molar-refractivity contribution in [2.45, 2.75) is 6.04 Å². The van der Waals surface area contributed by atoms with Gasteiger partial charge in [-0.05, 0) is 12.1 Å². The number of para-hydroxylation sites is 1. The Balaban J connectivity index is 2.10. The molecule has 0 spiro atoms. The number of nitrogens with one attached hydrogen (secondary N) is 1. The maximum absolute atomic E-state index is 11.6. The Morgan fingerprint density at radius 3 is 2.78 bits per heavy atom. The molecule has 0 radical (unpaired) electrons. The van der Waals surface area contributed by atoms with E-state index < -0.39 is 6.04 Å². The van der Waals surface area contributed by atoms with Crippen molar-refractivity contribution < 1.29 is 19.1 Å². The van der Waals surface area contributed by atoms with Gasteiger partial charge in [-0.2, -0.15) is 0 Å². The maximum Gasteiger partial charge on any atom is 0.293 e. The number of carbonyl (C=O) groups excluding carboxylic acids is 2. The molecule has 1 heterocycles. The average Bonchev–Trinajstić information content (AvgIpc) is 2.82. The second kappa shape index (κ2) is 5.86. The van der Waals surface area contributed by atoms with E-state index >= 15 is 0 Å². The van der Waals surface area contributed by atoms with Crippen LogP contribution in [0.25, 0.3) is 0 Å². The lowest BCUT2D eigenvalue weighted by Crippen LogP contribution is -2.30. The van der Waals surface area contributed by atoms with E-state index in [2.05, 4.69) is 5.32 Å². The standard InChI is InChI=1S/C13H13NO4/c15-9-18-7-12(11-6-17-8-13(11)16)14-10-4-2-1-3-5-10/h1-6,9,12,14H,7-8H2. The minimum Gasteiger partial charge on any atom is -0.493 e. The zero-order valence-corrected chi connectivity index (χ0v) is 9.67. The maximum atomic E-state index is 11.6. The minimum absolute atomic E-state index is 0.0450. The van der Waals surface area contributed by atoms with Crippen LogP contribution < -0.4 is 5.32 Å². The topological polar surface area (TPSA) is 64.6 Å². The minimum atomic E-state index is -0.396. The lowest BCUT2D eigenvalue weighted by atomic mass is 10.1. The molecule has 18 heavy (non-hydrogen) atoms. The van der Waals surface area contributed by atoms with Crippen molar-refractivity contribution in [3.05, 3.63) is 42.2 Å². The summed E-state index contributed by atoms with van der Waals surface area (Å²) >= 11 is 0. The van der Waals surface area contributed by atoms with E-state index in [1.807, 2.05) is 30.3 Å². The number of ether oxygens (including phenoxy) is 2. The van der Waals surface area contributed by atoms with Crippen molar-refractivity contribution in [2.75, 3.05) is 18.5 Å². The first kappa shape index (κ1) is 12.2. The highest BCUT2D eigenvalue weighted by Gasteiger charge is 2.26. The Hall–Kier alpha value is -2.30. The van der Waals surface area contributed by atoms with Crippen LogP contribution >= 0.6 is 0 Å². The van der Waals surface area contributed by atoms with Gasteiger partial charge in [0.15, 0.2) is 6.61 Å². The van der Waals surface area contributed by atoms with Crippen LogP contribution in [0.1, 0.15) is 0 Å². The molecule has 94 valence electrons. The molecule has 0 saturated carbocycles. The van der Waals surface area contributed by atoms with Gasteiger partial charge in [-0.3, -0.25) is 9.59 Å². The molecule has 1 N–H and O–H groups in total. The Kier molecular flexibility index (Phi) is 3.96. The van der Waals surface area contributed by atoms with Crippen molar-refractivity contribution in [2.24, 2.45) is 0 Å². The third-order valence-electron chi connectivity index (χ3n) is 2.57. The molecule has 0 fully saturated rings. The van der Waals surface area contributed by atoms with Crippen LogP contribution in [0.2, 0.25) is 0 Å². The van der Waals surface area contributed by atoms with E-state index in [4.69, 9.17) is 9.47 Å². The molecule has 1 atom stereocenters. The lowest BCUT2D eigenvalue weighted by Gasteiger charge is -2.18. The lowest BCUT2D eigenvalue weighted by molar-refractivity contribution is -0.129. The summed E-state index contributed by atoms with van der Waals surface area (Å²) in [6.07, 6.45) is 1.41. The molecular formula is C13H13NO4. The second-order valence-corrected chi connectivity index (χ2v) is 3.80. The molecule has 0 amide bonds. The van der Waals surface area contributed by atoms with E-state index in [0.29, 0.717) is 12.0 Å². The fourth-order valence-corrected chi connectivity index (χ4v) is 1.71. The van der Waals surface area contributed by atoms with Gasteiger partial charge in [0.2, 0.25) is 5.78 Å². The smallest absolute Gasteiger partial charge is 0.293 e. The summed E-state index contributed by atoms with van der Waals surface area (Å²) in [5, 5.41) is 3.13. The van der Waals surface area contributed by atoms with Crippen molar-refractivity contribution in [3.63, 3.8) is 0 Å². The van der Waals surface area contributed by atoms with E-state index in [9.17, 15) is 9.59 Å². The fraction of sp³-hybridized carbons (Fsp3) is 0.231. The quantitative estimate of drug-likeness (QED) is 0.763. The van der Waals surface area contributed by atoms with Gasteiger partial charge < -0.3 is 14.8 Å². The van der Waals surface area contributed by atoms with Gasteiger partial charge in [0.1, 0.15) is 6.61 Å². The summed E-state index contributed by atoms with van der Waals surface area (Å²) in [6.45, 7) is 0.489. The summed E-state index contributed by atoms with van der Waals surface area (Å²) in [7, 11) is 0. The molecule has 5 heteroatoms. The Bertz CT molecular complexity index is 455. The van der Waals surface area contributed by atoms with Crippen LogP contribution in [0, 0.1) is 0 Å². The molecule has 2 rings (SSSR count). The molecule has 1 unspecified atom stereocenters. The van der Waals surface area contributed by atoms with Gasteiger partial charge in [-0.25, -0.2) is 0 Å². The number of ketones is 1. The van der Waals surface area contributed by atoms with Gasteiger partial charge >= 0.3 is 0 Å². The van der Waals surface area contributed by atoms with Crippen LogP contribution in [-0.4, -0.2) is 31.5 Å². The predicted molar refractivity (Wildman–Crippen MR) is 64.9 cm³/mol. The molecule has 1 aromatic carbocycles. The number of benzene rings is 1. The Morgan fingerprint density at radius 1 is 1.39 bits per heavy atom. The van der Waals surface area contributed by atoms with Crippen molar-refractivity contribution in [1.29, 1.82) is 0 Å². The van der Waals surface area contributed by atoms with Crippen LogP contribution in [0.15, 0.2) is 42.2 Å². The molecule has 0 bridgehead atoms. The highest BCUT2D eigenvalue weighted by molar-refractivity contribution is 5.99. The summed E-state index contributed by atoms with van der Waals surface area (Å²) in [5.74, 6) is -0.0991. The second-order valence-electron chi connectivity index (χ2n) is 3.80. The average molecular weight is 247 g/mol. The van der Waals surface area contributed by atoms with Crippen LogP contribution in [-0.2, 0) is 19.1 Å². The predicted octanol–water partition coefficient (Wildman–Crippen LogP) is 1.12. The van der Waals surface area contributed by atoms with Gasteiger partial charge in [0.05, 0.1) is 17.9 Å². The monoisotopic (exact) mass is 247 g/mol. The third kappa shape index (κ3) is 2.88. The highest BCUT2D eigenvalue weighted by Crippen LogP contribution is 2.17. The number of Topliss-reactive ketones (excluding diaryl/α,β-unsaturated/α-hetero) is 1. The first-order valence-electron chi connectivity index (χ1n) is 5.53. The van der Waals surface area contributed by atoms with Gasteiger partial charge in [0.25, 0.3) is 6.47 Å². The first-order chi connectivity index (χ1) is 8.81. The van der Waals surface area contributed by atoms with Crippen molar-refractivity contribution in [1.82, 2.24) is 0 Å². The summed E-state index contributed by atoms with van der Waals surface area (Å²) in [5.41, 5.74) is 1.33. The van der Waals surface area contributed by atoms with Gasteiger partial charge in [-0.1, -0.05) is 18.2 Å². The van der Waals surface area contributed by atoms with Crippen LogP contribution in [0.5, 0.6) is 0 Å². The van der Waals surface area contributed by atoms with Gasteiger partial charge in [-0.15, -0.1) is 0 Å². The number of anilines is 1. The fourth-order valence-electron chi connectivity index (χ4n) is 1.71. The van der Waals surface area contributed by atoms with E-state index in [1.165, 1.54) is 6.26 Å². The zero-order valence-electron chi connectivity index (χ0n) is 9.67. The van der Waals surface area contributed by atoms with E-state index in [0.717, 1.165) is 5.69 Å². The molecular weight excluding hydrogens is 234 g/mol. The normalized spacial score (nSPS) is 15.6. The molecule has 1 aliphatic heterocycles. The summed E-state index contributed by atoms with van der Waals surface area (Å²) in [6, 6.07) is 8.99. The summed E-state index contributed by atoms with van der Waals surface area (Å²) in [4.78, 5) is 21.9. The SMILES string of the molecule is O=COCC(Nc1ccccc1)C1=COCC1=O. The van der Waals surface area contributed by atoms with Crippen molar-refractivity contribution in [3.8, 4) is 0 Å². The number of rotatable bonds is 6. The van der Waals surface area contributed by atoms with E-state index in [1.54, 1.807) is 0 Å². The molecule has 0 aromatic heterocycles. The third-order valence-corrected chi connectivity index (χ3v) is 2.57. The first-order valence-corrected chi connectivity index (χ1v) is 5.53. The van der Waals surface area contributed by atoms with Crippen LogP contribution in [0.4, 0.5) is 5.69 Å². The molecule has 1 aliphatic rings. The summed E-state index contributed by atoms with van der Waals surface area (Å²) < 4.78 is 9.71. The number of carbonyl (C=O) groups is 2. The molecule has 0 aliphatic carbocycles. The number of hydrogen-bond donors (Lipinski definition) is 1.